The van der Waals surface area contributed by atoms with E-state index in [2.05, 4.69) is 32.3 Å². The molecule has 0 spiro atoms. The molecule has 1 aromatic rings. The van der Waals surface area contributed by atoms with Gasteiger partial charge in [0.15, 0.2) is 0 Å². The van der Waals surface area contributed by atoms with E-state index in [1.807, 2.05) is 24.3 Å². The fourth-order valence-corrected chi connectivity index (χ4v) is 1.95. The Morgan fingerprint density at radius 1 is 1.25 bits per heavy atom. The minimum Gasteiger partial charge on any atom is -0.544 e. The SMILES string of the molecule is C[Si](C)(C)Oc1cccc(S)c1. The molecule has 0 aliphatic heterocycles. The molecule has 0 aliphatic rings. The highest BCUT2D eigenvalue weighted by atomic mass is 32.1. The zero-order valence-corrected chi connectivity index (χ0v) is 9.56. The summed E-state index contributed by atoms with van der Waals surface area (Å²) in [4.78, 5) is 0.950. The highest BCUT2D eigenvalue weighted by molar-refractivity contribution is 7.80. The van der Waals surface area contributed by atoms with Crippen molar-refractivity contribution in [2.24, 2.45) is 0 Å². The first kappa shape index (κ1) is 9.67. The summed E-state index contributed by atoms with van der Waals surface area (Å²) in [5.41, 5.74) is 0. The van der Waals surface area contributed by atoms with Crippen LogP contribution in [0.25, 0.3) is 0 Å². The first-order chi connectivity index (χ1) is 5.47. The monoisotopic (exact) mass is 198 g/mol. The van der Waals surface area contributed by atoms with Crippen molar-refractivity contribution in [3.63, 3.8) is 0 Å². The highest BCUT2D eigenvalue weighted by Crippen LogP contribution is 2.19. The van der Waals surface area contributed by atoms with Crippen molar-refractivity contribution in [3.8, 4) is 5.75 Å². The fourth-order valence-electron chi connectivity index (χ4n) is 0.901. The van der Waals surface area contributed by atoms with Gasteiger partial charge in [0.25, 0.3) is 0 Å². The quantitative estimate of drug-likeness (QED) is 0.567. The van der Waals surface area contributed by atoms with Crippen LogP contribution in [0.15, 0.2) is 29.2 Å². The van der Waals surface area contributed by atoms with E-state index in [1.165, 1.54) is 0 Å². The van der Waals surface area contributed by atoms with Crippen LogP contribution in [0.1, 0.15) is 0 Å². The van der Waals surface area contributed by atoms with Gasteiger partial charge in [0.2, 0.25) is 8.32 Å². The van der Waals surface area contributed by atoms with Crippen molar-refractivity contribution in [1.82, 2.24) is 0 Å². The summed E-state index contributed by atoms with van der Waals surface area (Å²) in [5, 5.41) is 0. The lowest BCUT2D eigenvalue weighted by molar-refractivity contribution is 0.556. The molecule has 0 amide bonds. The van der Waals surface area contributed by atoms with Gasteiger partial charge in [-0.15, -0.1) is 12.6 Å². The largest absolute Gasteiger partial charge is 0.544 e. The summed E-state index contributed by atoms with van der Waals surface area (Å²) in [6.45, 7) is 6.49. The van der Waals surface area contributed by atoms with Crippen LogP contribution < -0.4 is 4.43 Å². The van der Waals surface area contributed by atoms with Crippen molar-refractivity contribution < 1.29 is 4.43 Å². The van der Waals surface area contributed by atoms with Gasteiger partial charge >= 0.3 is 0 Å². The minimum atomic E-state index is -1.45. The van der Waals surface area contributed by atoms with Gasteiger partial charge in [-0.3, -0.25) is 0 Å². The second-order valence-electron chi connectivity index (χ2n) is 3.71. The number of hydrogen-bond acceptors (Lipinski definition) is 2. The highest BCUT2D eigenvalue weighted by Gasteiger charge is 2.15. The van der Waals surface area contributed by atoms with E-state index >= 15 is 0 Å². The predicted octanol–water partition coefficient (Wildman–Crippen LogP) is 3.19. The Bertz CT molecular complexity index is 267. The van der Waals surface area contributed by atoms with Crippen LogP contribution >= 0.6 is 12.6 Å². The molecule has 0 radical (unpaired) electrons. The predicted molar refractivity (Wildman–Crippen MR) is 57.7 cm³/mol. The molecule has 0 atom stereocenters. The second kappa shape index (κ2) is 3.54. The van der Waals surface area contributed by atoms with E-state index < -0.39 is 8.32 Å². The lowest BCUT2D eigenvalue weighted by atomic mass is 10.3. The summed E-state index contributed by atoms with van der Waals surface area (Å²) in [6.07, 6.45) is 0. The van der Waals surface area contributed by atoms with E-state index in [0.29, 0.717) is 0 Å². The molecule has 0 N–H and O–H groups in total. The average Bonchev–Trinajstić information content (AvgIpc) is 1.82. The normalized spacial score (nSPS) is 11.3. The van der Waals surface area contributed by atoms with Gasteiger partial charge in [0.05, 0.1) is 0 Å². The summed E-state index contributed by atoms with van der Waals surface area (Å²) in [5.74, 6) is 0.932. The summed E-state index contributed by atoms with van der Waals surface area (Å²) < 4.78 is 5.77. The van der Waals surface area contributed by atoms with E-state index in [4.69, 9.17) is 4.43 Å². The molecule has 0 aliphatic carbocycles. The number of rotatable bonds is 2. The van der Waals surface area contributed by atoms with Crippen LogP contribution in [-0.4, -0.2) is 8.32 Å². The first-order valence-electron chi connectivity index (χ1n) is 3.95. The maximum atomic E-state index is 5.77. The summed E-state index contributed by atoms with van der Waals surface area (Å²) in [6, 6.07) is 7.82. The van der Waals surface area contributed by atoms with Crippen molar-refractivity contribution in [1.29, 1.82) is 0 Å². The smallest absolute Gasteiger partial charge is 0.242 e. The van der Waals surface area contributed by atoms with Crippen LogP contribution in [0.5, 0.6) is 5.75 Å². The molecule has 66 valence electrons. The van der Waals surface area contributed by atoms with E-state index in [0.717, 1.165) is 10.6 Å². The molecule has 0 saturated heterocycles. The molecule has 0 saturated carbocycles. The fraction of sp³-hybridized carbons (Fsp3) is 0.333. The Labute approximate surface area is 80.3 Å². The molecule has 3 heteroatoms. The van der Waals surface area contributed by atoms with E-state index in [1.54, 1.807) is 0 Å². The lowest BCUT2D eigenvalue weighted by Crippen LogP contribution is -2.29. The molecule has 0 aromatic heterocycles. The van der Waals surface area contributed by atoms with Gasteiger partial charge < -0.3 is 4.43 Å². The Balaban J connectivity index is 2.77. The molecule has 0 heterocycles. The number of hydrogen-bond donors (Lipinski definition) is 1. The summed E-state index contributed by atoms with van der Waals surface area (Å²) in [7, 11) is -1.45. The Kier molecular flexibility index (Phi) is 2.85. The topological polar surface area (TPSA) is 9.23 Å². The average molecular weight is 198 g/mol. The zero-order valence-electron chi connectivity index (χ0n) is 7.66. The van der Waals surface area contributed by atoms with Crippen LogP contribution in [0.4, 0.5) is 0 Å². The molecule has 0 fully saturated rings. The molecule has 12 heavy (non-hydrogen) atoms. The Morgan fingerprint density at radius 3 is 2.42 bits per heavy atom. The maximum Gasteiger partial charge on any atom is 0.242 e. The third-order valence-electron chi connectivity index (χ3n) is 1.24. The lowest BCUT2D eigenvalue weighted by Gasteiger charge is -2.19. The minimum absolute atomic E-state index is 0.932. The molecule has 1 aromatic carbocycles. The van der Waals surface area contributed by atoms with Crippen molar-refractivity contribution in [3.05, 3.63) is 24.3 Å². The van der Waals surface area contributed by atoms with Gasteiger partial charge in [-0.25, -0.2) is 0 Å². The molecular weight excluding hydrogens is 184 g/mol. The van der Waals surface area contributed by atoms with Crippen molar-refractivity contribution in [2.45, 2.75) is 24.5 Å². The third-order valence-corrected chi connectivity index (χ3v) is 2.37. The van der Waals surface area contributed by atoms with Gasteiger partial charge in [0, 0.05) is 4.90 Å². The third kappa shape index (κ3) is 3.32. The van der Waals surface area contributed by atoms with Gasteiger partial charge in [-0.05, 0) is 37.8 Å². The Morgan fingerprint density at radius 2 is 1.92 bits per heavy atom. The standard InChI is InChI=1S/C9H14OSSi/c1-12(2,3)10-8-5-4-6-9(11)7-8/h4-7,11H,1-3H3. The van der Waals surface area contributed by atoms with E-state index in [-0.39, 0.29) is 0 Å². The maximum absolute atomic E-state index is 5.77. The van der Waals surface area contributed by atoms with Crippen LogP contribution in [0, 0.1) is 0 Å². The second-order valence-corrected chi connectivity index (χ2v) is 8.66. The van der Waals surface area contributed by atoms with Crippen LogP contribution in [0.2, 0.25) is 19.6 Å². The zero-order chi connectivity index (χ0) is 9.19. The Hall–Kier alpha value is -0.413. The molecule has 1 nitrogen and oxygen atoms in total. The molecule has 0 bridgehead atoms. The molecule has 0 unspecified atom stereocenters. The van der Waals surface area contributed by atoms with Gasteiger partial charge in [-0.2, -0.15) is 0 Å². The van der Waals surface area contributed by atoms with Crippen molar-refractivity contribution in [2.75, 3.05) is 0 Å². The van der Waals surface area contributed by atoms with Crippen molar-refractivity contribution >= 4 is 20.9 Å². The molecule has 1 rings (SSSR count). The van der Waals surface area contributed by atoms with Crippen LogP contribution in [-0.2, 0) is 0 Å². The van der Waals surface area contributed by atoms with E-state index in [9.17, 15) is 0 Å². The number of benzene rings is 1. The molecular formula is C9H14OSSi. The van der Waals surface area contributed by atoms with Crippen LogP contribution in [0.3, 0.4) is 0 Å². The summed E-state index contributed by atoms with van der Waals surface area (Å²) >= 11 is 4.24. The number of thiol groups is 1. The first-order valence-corrected chi connectivity index (χ1v) is 7.81. The van der Waals surface area contributed by atoms with Gasteiger partial charge in [-0.1, -0.05) is 6.07 Å². The van der Waals surface area contributed by atoms with Gasteiger partial charge in [0.1, 0.15) is 5.75 Å².